The van der Waals surface area contributed by atoms with E-state index < -0.39 is 0 Å². The molecule has 3 fully saturated rings. The topological polar surface area (TPSA) is 68.0 Å². The molecular weight excluding hydrogens is 458 g/mol. The van der Waals surface area contributed by atoms with Crippen LogP contribution >= 0.6 is 0 Å². The molecule has 3 saturated carbocycles. The number of carbonyl (C=O) groups is 1. The van der Waals surface area contributed by atoms with Crippen LogP contribution in [0.1, 0.15) is 112 Å². The molecule has 4 aliphatic rings. The maximum Gasteiger partial charge on any atom is 0.138 e. The number of allylic oxidation sites excluding steroid dienone is 1. The highest BCUT2D eigenvalue weighted by Gasteiger charge is 2.69. The molecule has 7 atom stereocenters. The Morgan fingerprint density at radius 1 is 1.08 bits per heavy atom. The van der Waals surface area contributed by atoms with Crippen molar-refractivity contribution in [3.05, 3.63) is 23.0 Å². The number of aryl methyl sites for hydroxylation is 1. The summed E-state index contributed by atoms with van der Waals surface area (Å²) in [6.45, 7) is 19.5. The van der Waals surface area contributed by atoms with Gasteiger partial charge in [-0.25, -0.2) is 0 Å². The van der Waals surface area contributed by atoms with Gasteiger partial charge in [0, 0.05) is 24.6 Å². The summed E-state index contributed by atoms with van der Waals surface area (Å²) in [4.78, 5) is 12.9. The van der Waals surface area contributed by atoms with Crippen LogP contribution in [0, 0.1) is 45.3 Å². The number of aliphatic hydroxyl groups is 1. The Hall–Kier alpha value is -1.49. The molecule has 5 rings (SSSR count). The molecule has 5 nitrogen and oxygen atoms in total. The summed E-state index contributed by atoms with van der Waals surface area (Å²) in [5.74, 6) is 2.12. The minimum Gasteiger partial charge on any atom is -0.392 e. The molecule has 206 valence electrons. The van der Waals surface area contributed by atoms with Crippen molar-refractivity contribution in [1.29, 1.82) is 0 Å². The Balaban J connectivity index is 1.40. The molecule has 0 spiro atoms. The average molecular weight is 510 g/mol. The molecule has 0 radical (unpaired) electrons. The quantitative estimate of drug-likeness (QED) is 0.429. The highest BCUT2D eigenvalue weighted by molar-refractivity contribution is 5.85. The molecule has 0 bridgehead atoms. The maximum absolute atomic E-state index is 12.9. The minimum absolute atomic E-state index is 0.0214. The van der Waals surface area contributed by atoms with E-state index in [9.17, 15) is 9.90 Å². The first-order chi connectivity index (χ1) is 17.2. The second kappa shape index (κ2) is 9.03. The van der Waals surface area contributed by atoms with Crippen molar-refractivity contribution in [2.24, 2.45) is 45.3 Å². The maximum atomic E-state index is 12.9. The number of aliphatic hydroxyl groups excluding tert-OH is 1. The molecule has 1 aromatic heterocycles. The largest absolute Gasteiger partial charge is 0.392 e. The van der Waals surface area contributed by atoms with Gasteiger partial charge in [-0.05, 0) is 91.3 Å². The molecule has 0 aromatic carbocycles. The van der Waals surface area contributed by atoms with Gasteiger partial charge in [0.15, 0.2) is 0 Å². The number of fused-ring (bicyclic) bond motifs is 5. The third-order valence-corrected chi connectivity index (χ3v) is 12.2. The number of hydrogen-bond acceptors (Lipinski definition) is 4. The lowest BCUT2D eigenvalue weighted by Gasteiger charge is -2.69. The van der Waals surface area contributed by atoms with E-state index in [4.69, 9.17) is 0 Å². The van der Waals surface area contributed by atoms with Crippen molar-refractivity contribution in [1.82, 2.24) is 15.0 Å². The van der Waals surface area contributed by atoms with Gasteiger partial charge in [0.1, 0.15) is 5.78 Å². The summed E-state index contributed by atoms with van der Waals surface area (Å²) >= 11 is 0. The highest BCUT2D eigenvalue weighted by Crippen LogP contribution is 2.74. The zero-order valence-electron chi connectivity index (χ0n) is 24.7. The van der Waals surface area contributed by atoms with Gasteiger partial charge in [-0.3, -0.25) is 9.48 Å². The molecule has 1 N–H and O–H groups in total. The first kappa shape index (κ1) is 27.1. The van der Waals surface area contributed by atoms with Crippen LogP contribution in [0.4, 0.5) is 0 Å². The molecule has 0 amide bonds. The van der Waals surface area contributed by atoms with Crippen LogP contribution < -0.4 is 0 Å². The van der Waals surface area contributed by atoms with Gasteiger partial charge in [-0.2, -0.15) is 0 Å². The standard InChI is InChI=1S/C32H51N3O2/c1-20(2)17-22-19-35(34-33-22)16-12-21(3)23-9-14-31(7)24(23)18-25(36)28-30(6)13-11-27(37)29(4,5)26(30)10-15-32(28,31)8/h19-21,25-26,28,36H,9-18H2,1-8H3/t21-,25+,26+,28+,30+,31+,32+/m1/s1. The smallest absolute Gasteiger partial charge is 0.138 e. The van der Waals surface area contributed by atoms with Crippen molar-refractivity contribution in [2.45, 2.75) is 126 Å². The predicted octanol–water partition coefficient (Wildman–Crippen LogP) is 6.79. The number of aromatic nitrogens is 3. The van der Waals surface area contributed by atoms with E-state index in [0.717, 1.165) is 57.2 Å². The Kier molecular flexibility index (Phi) is 6.61. The third kappa shape index (κ3) is 4.00. The fraction of sp³-hybridized carbons (Fsp3) is 0.844. The normalized spacial score (nSPS) is 39.9. The number of hydrogen-bond donors (Lipinski definition) is 1. The van der Waals surface area contributed by atoms with Crippen LogP contribution in [0.5, 0.6) is 0 Å². The zero-order chi connectivity index (χ0) is 27.0. The van der Waals surface area contributed by atoms with E-state index in [1.54, 1.807) is 11.1 Å². The molecule has 0 unspecified atom stereocenters. The fourth-order valence-corrected chi connectivity index (χ4v) is 10.1. The molecule has 0 aliphatic heterocycles. The highest BCUT2D eigenvalue weighted by atomic mass is 16.3. The minimum atomic E-state index is -0.320. The van der Waals surface area contributed by atoms with Gasteiger partial charge in [0.25, 0.3) is 0 Å². The molecule has 37 heavy (non-hydrogen) atoms. The van der Waals surface area contributed by atoms with Gasteiger partial charge in [-0.1, -0.05) is 71.7 Å². The Labute approximate surface area is 224 Å². The monoisotopic (exact) mass is 509 g/mol. The number of rotatable bonds is 6. The van der Waals surface area contributed by atoms with E-state index in [1.807, 2.05) is 4.68 Å². The first-order valence-electron chi connectivity index (χ1n) is 15.1. The van der Waals surface area contributed by atoms with Gasteiger partial charge < -0.3 is 5.11 Å². The van der Waals surface area contributed by atoms with Crippen molar-refractivity contribution < 1.29 is 9.90 Å². The van der Waals surface area contributed by atoms with Crippen molar-refractivity contribution in [3.8, 4) is 0 Å². The Morgan fingerprint density at radius 2 is 1.81 bits per heavy atom. The van der Waals surface area contributed by atoms with Gasteiger partial charge in [0.2, 0.25) is 0 Å². The lowest BCUT2D eigenvalue weighted by atomic mass is 9.36. The zero-order valence-corrected chi connectivity index (χ0v) is 24.7. The lowest BCUT2D eigenvalue weighted by molar-refractivity contribution is -0.208. The van der Waals surface area contributed by atoms with Crippen LogP contribution in [-0.2, 0) is 17.8 Å². The first-order valence-corrected chi connectivity index (χ1v) is 15.1. The van der Waals surface area contributed by atoms with Crippen LogP contribution in [0.15, 0.2) is 17.3 Å². The summed E-state index contributed by atoms with van der Waals surface area (Å²) < 4.78 is 2.02. The number of Topliss-reactive ketones (excluding diaryl/α,β-unsaturated/α-hetero) is 1. The molecule has 1 heterocycles. The van der Waals surface area contributed by atoms with Gasteiger partial charge in [-0.15, -0.1) is 5.10 Å². The number of carbonyl (C=O) groups excluding carboxylic acids is 1. The molecule has 4 aliphatic carbocycles. The summed E-state index contributed by atoms with van der Waals surface area (Å²) in [7, 11) is 0. The Bertz CT molecular complexity index is 1090. The van der Waals surface area contributed by atoms with E-state index in [0.29, 0.717) is 30.0 Å². The van der Waals surface area contributed by atoms with Crippen molar-refractivity contribution in [2.75, 3.05) is 0 Å². The second-order valence-electron chi connectivity index (χ2n) is 15.0. The second-order valence-corrected chi connectivity index (χ2v) is 15.0. The third-order valence-electron chi connectivity index (χ3n) is 12.2. The van der Waals surface area contributed by atoms with E-state index in [-0.39, 0.29) is 33.7 Å². The van der Waals surface area contributed by atoms with Crippen LogP contribution in [0.2, 0.25) is 0 Å². The Morgan fingerprint density at radius 3 is 2.51 bits per heavy atom. The van der Waals surface area contributed by atoms with Crippen LogP contribution in [0.25, 0.3) is 0 Å². The molecule has 1 aromatic rings. The summed E-state index contributed by atoms with van der Waals surface area (Å²) in [6, 6.07) is 0. The van der Waals surface area contributed by atoms with Crippen LogP contribution in [0.3, 0.4) is 0 Å². The summed E-state index contributed by atoms with van der Waals surface area (Å²) in [5, 5.41) is 20.7. The van der Waals surface area contributed by atoms with Gasteiger partial charge in [0.05, 0.1) is 11.8 Å². The van der Waals surface area contributed by atoms with E-state index in [1.165, 1.54) is 6.42 Å². The average Bonchev–Trinajstić information content (AvgIpc) is 3.39. The number of nitrogens with zero attached hydrogens (tertiary/aromatic N) is 3. The fourth-order valence-electron chi connectivity index (χ4n) is 10.1. The van der Waals surface area contributed by atoms with E-state index in [2.05, 4.69) is 71.9 Å². The molecule has 0 saturated heterocycles. The molecule has 5 heteroatoms. The van der Waals surface area contributed by atoms with Gasteiger partial charge >= 0.3 is 0 Å². The van der Waals surface area contributed by atoms with Crippen LogP contribution in [-0.4, -0.2) is 32.0 Å². The molecular formula is C32H51N3O2. The predicted molar refractivity (Wildman–Crippen MR) is 148 cm³/mol. The van der Waals surface area contributed by atoms with Crippen molar-refractivity contribution in [3.63, 3.8) is 0 Å². The van der Waals surface area contributed by atoms with Crippen molar-refractivity contribution >= 4 is 5.78 Å². The SMILES string of the molecule is CC(C)Cc1cn(CC[C@@H](C)C2=C3C[C@H](O)[C@H]4[C@@]5(C)CCC(=O)C(C)(C)[C@@H]5CC[C@]4(C)[C@@]3(C)CC2)nn1. The summed E-state index contributed by atoms with van der Waals surface area (Å²) in [6.07, 6.45) is 10.8. The lowest BCUT2D eigenvalue weighted by Crippen LogP contribution is -2.65. The van der Waals surface area contributed by atoms with E-state index >= 15 is 0 Å². The summed E-state index contributed by atoms with van der Waals surface area (Å²) in [5.41, 5.74) is 4.21. The number of ketones is 1.